The summed E-state index contributed by atoms with van der Waals surface area (Å²) in [6, 6.07) is 0. The fourth-order valence-corrected chi connectivity index (χ4v) is 2.96. The number of amides is 1. The molecule has 0 bridgehead atoms. The molecule has 0 aromatic heterocycles. The Bertz CT molecular complexity index is 458. The van der Waals surface area contributed by atoms with Crippen LogP contribution in [-0.4, -0.2) is 22.7 Å². The topological polar surface area (TPSA) is 44.1 Å². The van der Waals surface area contributed by atoms with E-state index in [0.717, 1.165) is 11.3 Å². The van der Waals surface area contributed by atoms with Crippen molar-refractivity contribution in [3.05, 3.63) is 11.6 Å². The first-order chi connectivity index (χ1) is 8.92. The number of hydrogen-bond donors (Lipinski definition) is 0. The van der Waals surface area contributed by atoms with Gasteiger partial charge in [-0.3, -0.25) is 4.79 Å². The van der Waals surface area contributed by atoms with Crippen LogP contribution >= 0.6 is 11.6 Å². The molecular weight excluding hydrogens is 260 g/mol. The lowest BCUT2D eigenvalue weighted by Gasteiger charge is -2.34. The fourth-order valence-electron chi connectivity index (χ4n) is 2.54. The molecule has 0 heterocycles. The SMILES string of the molecule is C#CCN(C#N)C(=O)C(Cl)C1C=C(C)CC(C)C1C. The van der Waals surface area contributed by atoms with Crippen LogP contribution in [0.4, 0.5) is 0 Å². The van der Waals surface area contributed by atoms with Crippen molar-refractivity contribution in [1.82, 2.24) is 4.90 Å². The summed E-state index contributed by atoms with van der Waals surface area (Å²) >= 11 is 6.29. The van der Waals surface area contributed by atoms with E-state index in [1.165, 1.54) is 5.57 Å². The van der Waals surface area contributed by atoms with E-state index in [9.17, 15) is 4.79 Å². The molecule has 4 unspecified atom stereocenters. The van der Waals surface area contributed by atoms with Crippen molar-refractivity contribution in [2.75, 3.05) is 6.54 Å². The summed E-state index contributed by atoms with van der Waals surface area (Å²) in [6.07, 6.45) is 10.0. The van der Waals surface area contributed by atoms with E-state index in [2.05, 4.69) is 25.8 Å². The highest BCUT2D eigenvalue weighted by atomic mass is 35.5. The van der Waals surface area contributed by atoms with Crippen LogP contribution in [0, 0.1) is 41.6 Å². The van der Waals surface area contributed by atoms with Gasteiger partial charge in [-0.15, -0.1) is 18.0 Å². The second-order valence-electron chi connectivity index (χ2n) is 5.26. The van der Waals surface area contributed by atoms with Crippen molar-refractivity contribution in [1.29, 1.82) is 5.26 Å². The molecule has 0 radical (unpaired) electrons. The molecule has 19 heavy (non-hydrogen) atoms. The maximum absolute atomic E-state index is 12.2. The Hall–Kier alpha value is -1.45. The summed E-state index contributed by atoms with van der Waals surface area (Å²) in [5, 5.41) is 8.19. The van der Waals surface area contributed by atoms with Gasteiger partial charge in [-0.1, -0.05) is 31.4 Å². The smallest absolute Gasteiger partial charge is 0.255 e. The Kier molecular flexibility index (Phi) is 5.45. The van der Waals surface area contributed by atoms with Gasteiger partial charge in [-0.2, -0.15) is 5.26 Å². The molecule has 1 rings (SSSR count). The van der Waals surface area contributed by atoms with Gasteiger partial charge >= 0.3 is 0 Å². The number of terminal acetylenes is 1. The third kappa shape index (κ3) is 3.52. The minimum atomic E-state index is -0.735. The van der Waals surface area contributed by atoms with Gasteiger partial charge in [0.25, 0.3) is 5.91 Å². The third-order valence-corrected chi connectivity index (χ3v) is 4.31. The highest BCUT2D eigenvalue weighted by Crippen LogP contribution is 2.37. The van der Waals surface area contributed by atoms with E-state index in [1.807, 2.05) is 6.92 Å². The highest BCUT2D eigenvalue weighted by Gasteiger charge is 2.36. The molecule has 1 aliphatic rings. The quantitative estimate of drug-likeness (QED) is 0.262. The van der Waals surface area contributed by atoms with Crippen molar-refractivity contribution >= 4 is 17.5 Å². The lowest BCUT2D eigenvalue weighted by Crippen LogP contribution is -2.41. The average Bonchev–Trinajstić information content (AvgIpc) is 2.38. The second-order valence-corrected chi connectivity index (χ2v) is 5.73. The molecular formula is C15H19ClN2O. The lowest BCUT2D eigenvalue weighted by molar-refractivity contribution is -0.128. The van der Waals surface area contributed by atoms with Crippen LogP contribution in [0.1, 0.15) is 27.2 Å². The number of rotatable bonds is 3. The van der Waals surface area contributed by atoms with Gasteiger partial charge in [0.15, 0.2) is 6.19 Å². The van der Waals surface area contributed by atoms with Gasteiger partial charge in [0.1, 0.15) is 5.38 Å². The normalized spacial score (nSPS) is 27.7. The van der Waals surface area contributed by atoms with Gasteiger partial charge in [-0.05, 0) is 25.2 Å². The van der Waals surface area contributed by atoms with Crippen LogP contribution in [0.15, 0.2) is 11.6 Å². The minimum absolute atomic E-state index is 0.0299. The molecule has 0 saturated heterocycles. The zero-order chi connectivity index (χ0) is 14.6. The Morgan fingerprint density at radius 2 is 2.32 bits per heavy atom. The minimum Gasteiger partial charge on any atom is -0.272 e. The van der Waals surface area contributed by atoms with E-state index >= 15 is 0 Å². The van der Waals surface area contributed by atoms with Crippen LogP contribution in [0.3, 0.4) is 0 Å². The van der Waals surface area contributed by atoms with Crippen LogP contribution < -0.4 is 0 Å². The molecule has 0 spiro atoms. The molecule has 4 atom stereocenters. The molecule has 0 saturated carbocycles. The summed E-state index contributed by atoms with van der Waals surface area (Å²) in [6.45, 7) is 6.27. The first kappa shape index (κ1) is 15.6. The van der Waals surface area contributed by atoms with Crippen LogP contribution in [0.2, 0.25) is 0 Å². The van der Waals surface area contributed by atoms with Gasteiger partial charge in [-0.25, -0.2) is 4.90 Å². The summed E-state index contributed by atoms with van der Waals surface area (Å²) in [7, 11) is 0. The maximum atomic E-state index is 12.2. The van der Waals surface area contributed by atoms with E-state index < -0.39 is 11.3 Å². The number of carbonyl (C=O) groups is 1. The van der Waals surface area contributed by atoms with Crippen molar-refractivity contribution in [3.63, 3.8) is 0 Å². The van der Waals surface area contributed by atoms with E-state index in [1.54, 1.807) is 6.19 Å². The number of nitrogens with zero attached hydrogens (tertiary/aromatic N) is 2. The third-order valence-electron chi connectivity index (χ3n) is 3.84. The fraction of sp³-hybridized carbons (Fsp3) is 0.600. The lowest BCUT2D eigenvalue weighted by atomic mass is 9.73. The molecule has 0 fully saturated rings. The second kappa shape index (κ2) is 6.64. The molecule has 102 valence electrons. The number of allylic oxidation sites excluding steroid dienone is 2. The summed E-state index contributed by atoms with van der Waals surface area (Å²) in [5.74, 6) is 2.63. The Morgan fingerprint density at radius 1 is 1.68 bits per heavy atom. The van der Waals surface area contributed by atoms with Crippen molar-refractivity contribution in [3.8, 4) is 18.5 Å². The van der Waals surface area contributed by atoms with Gasteiger partial charge in [0.05, 0.1) is 6.54 Å². The summed E-state index contributed by atoms with van der Waals surface area (Å²) < 4.78 is 0. The van der Waals surface area contributed by atoms with E-state index in [-0.39, 0.29) is 12.5 Å². The van der Waals surface area contributed by atoms with Gasteiger partial charge < -0.3 is 0 Å². The first-order valence-corrected chi connectivity index (χ1v) is 6.82. The van der Waals surface area contributed by atoms with Crippen LogP contribution in [-0.2, 0) is 4.79 Å². The predicted molar refractivity (Wildman–Crippen MR) is 76.0 cm³/mol. The average molecular weight is 279 g/mol. The Labute approximate surface area is 120 Å². The molecule has 1 aliphatic carbocycles. The molecule has 0 N–H and O–H groups in total. The van der Waals surface area contributed by atoms with E-state index in [4.69, 9.17) is 23.3 Å². The molecule has 0 aromatic rings. The number of halogens is 1. The Balaban J connectivity index is 2.90. The molecule has 3 nitrogen and oxygen atoms in total. The molecule has 0 aliphatic heterocycles. The number of nitriles is 1. The van der Waals surface area contributed by atoms with Crippen molar-refractivity contribution in [2.45, 2.75) is 32.6 Å². The van der Waals surface area contributed by atoms with Crippen LogP contribution in [0.5, 0.6) is 0 Å². The van der Waals surface area contributed by atoms with Crippen molar-refractivity contribution in [2.24, 2.45) is 17.8 Å². The Morgan fingerprint density at radius 3 is 2.84 bits per heavy atom. The van der Waals surface area contributed by atoms with E-state index in [0.29, 0.717) is 11.8 Å². The molecule has 4 heteroatoms. The standard InChI is InChI=1S/C15H19ClN2O/c1-5-6-18(9-17)15(19)14(16)13-8-10(2)7-11(3)12(13)4/h1,8,11-14H,6-7H2,2-4H3. The number of alkyl halides is 1. The molecule has 1 amide bonds. The maximum Gasteiger partial charge on any atom is 0.255 e. The zero-order valence-corrected chi connectivity index (χ0v) is 12.3. The zero-order valence-electron chi connectivity index (χ0n) is 11.6. The highest BCUT2D eigenvalue weighted by molar-refractivity contribution is 6.31. The van der Waals surface area contributed by atoms with Crippen LogP contribution in [0.25, 0.3) is 0 Å². The predicted octanol–water partition coefficient (Wildman–Crippen LogP) is 2.78. The number of hydrogen-bond acceptors (Lipinski definition) is 2. The van der Waals surface area contributed by atoms with Gasteiger partial charge in [0.2, 0.25) is 0 Å². The largest absolute Gasteiger partial charge is 0.272 e. The van der Waals surface area contributed by atoms with Gasteiger partial charge in [0, 0.05) is 5.92 Å². The summed E-state index contributed by atoms with van der Waals surface area (Å²) in [5.41, 5.74) is 1.24. The number of carbonyl (C=O) groups excluding carboxylic acids is 1. The molecule has 0 aromatic carbocycles. The monoisotopic (exact) mass is 278 g/mol. The summed E-state index contributed by atoms with van der Waals surface area (Å²) in [4.78, 5) is 13.1. The first-order valence-electron chi connectivity index (χ1n) is 6.38. The van der Waals surface area contributed by atoms with Crippen molar-refractivity contribution < 1.29 is 4.79 Å².